The summed E-state index contributed by atoms with van der Waals surface area (Å²) < 4.78 is 61.4. The summed E-state index contributed by atoms with van der Waals surface area (Å²) >= 11 is 0. The normalized spacial score (nSPS) is 16.9. The van der Waals surface area contributed by atoms with E-state index in [0.717, 1.165) is 13.3 Å². The molecule has 3 rings (SSSR count). The molecule has 2 heterocycles. The standard InChI is InChI=1S/C18H18F4N4O3/c1-10(18(20,21)22)29-16-7-12(24-9-25-16)8-23-17(27)26-14-4-5-28-15-3-2-11(19)6-13(14)15/h2-3,6-7,9-10,14H,4-5,8H2,1H3,(H2,23,26,27). The van der Waals surface area contributed by atoms with Crippen LogP contribution in [0, 0.1) is 5.82 Å². The first-order valence-electron chi connectivity index (χ1n) is 8.73. The van der Waals surface area contributed by atoms with E-state index >= 15 is 0 Å². The second kappa shape index (κ2) is 8.50. The first-order chi connectivity index (χ1) is 13.7. The van der Waals surface area contributed by atoms with Crippen molar-refractivity contribution in [2.75, 3.05) is 6.61 Å². The molecule has 29 heavy (non-hydrogen) atoms. The van der Waals surface area contributed by atoms with E-state index in [-0.39, 0.29) is 18.1 Å². The largest absolute Gasteiger partial charge is 0.493 e. The molecule has 2 atom stereocenters. The molecule has 0 fully saturated rings. The van der Waals surface area contributed by atoms with Gasteiger partial charge in [0.15, 0.2) is 6.10 Å². The zero-order chi connectivity index (χ0) is 21.0. The molecule has 7 nitrogen and oxygen atoms in total. The molecule has 0 aliphatic carbocycles. The van der Waals surface area contributed by atoms with Crippen LogP contribution < -0.4 is 20.1 Å². The lowest BCUT2D eigenvalue weighted by atomic mass is 10.0. The Balaban J connectivity index is 1.57. The second-order valence-electron chi connectivity index (χ2n) is 6.35. The van der Waals surface area contributed by atoms with Crippen molar-refractivity contribution in [1.29, 1.82) is 0 Å². The van der Waals surface area contributed by atoms with E-state index in [9.17, 15) is 22.4 Å². The Labute approximate surface area is 163 Å². The number of halogens is 4. The molecule has 1 aromatic carbocycles. The molecule has 0 saturated heterocycles. The Hall–Kier alpha value is -3.11. The summed E-state index contributed by atoms with van der Waals surface area (Å²) in [7, 11) is 0. The number of nitrogens with one attached hydrogen (secondary N) is 2. The average molecular weight is 414 g/mol. The smallest absolute Gasteiger partial charge is 0.425 e. The van der Waals surface area contributed by atoms with Crippen LogP contribution in [0.5, 0.6) is 11.6 Å². The molecule has 156 valence electrons. The molecule has 0 spiro atoms. The highest BCUT2D eigenvalue weighted by Crippen LogP contribution is 2.32. The molecule has 1 aliphatic heterocycles. The number of hydrogen-bond acceptors (Lipinski definition) is 5. The lowest BCUT2D eigenvalue weighted by Crippen LogP contribution is -2.39. The summed E-state index contributed by atoms with van der Waals surface area (Å²) in [6, 6.07) is 4.30. The minimum Gasteiger partial charge on any atom is -0.493 e. The van der Waals surface area contributed by atoms with E-state index in [1.165, 1.54) is 24.3 Å². The highest BCUT2D eigenvalue weighted by molar-refractivity contribution is 5.74. The summed E-state index contributed by atoms with van der Waals surface area (Å²) in [6.07, 6.45) is -5.05. The number of fused-ring (bicyclic) bond motifs is 1. The Morgan fingerprint density at radius 3 is 2.90 bits per heavy atom. The Kier molecular flexibility index (Phi) is 6.04. The van der Waals surface area contributed by atoms with Crippen LogP contribution in [-0.2, 0) is 6.54 Å². The van der Waals surface area contributed by atoms with E-state index in [4.69, 9.17) is 9.47 Å². The van der Waals surface area contributed by atoms with Gasteiger partial charge in [0, 0.05) is 18.1 Å². The van der Waals surface area contributed by atoms with Gasteiger partial charge in [-0.05, 0) is 25.1 Å². The van der Waals surface area contributed by atoms with Gasteiger partial charge in [0.2, 0.25) is 5.88 Å². The van der Waals surface area contributed by atoms with Crippen molar-refractivity contribution >= 4 is 6.03 Å². The SMILES string of the molecule is CC(Oc1cc(CNC(=O)NC2CCOc3ccc(F)cc32)ncn1)C(F)(F)F. The maximum atomic E-state index is 13.5. The minimum atomic E-state index is -4.53. The first kappa shape index (κ1) is 20.6. The Bertz CT molecular complexity index is 878. The molecule has 0 bridgehead atoms. The van der Waals surface area contributed by atoms with E-state index in [1.54, 1.807) is 0 Å². The summed E-state index contributed by atoms with van der Waals surface area (Å²) in [5, 5.41) is 5.27. The number of nitrogens with zero attached hydrogens (tertiary/aromatic N) is 2. The molecule has 2 N–H and O–H groups in total. The molecule has 1 aliphatic rings. The van der Waals surface area contributed by atoms with Crippen LogP contribution in [0.3, 0.4) is 0 Å². The second-order valence-corrected chi connectivity index (χ2v) is 6.35. The fourth-order valence-corrected chi connectivity index (χ4v) is 2.68. The van der Waals surface area contributed by atoms with Crippen LogP contribution in [0.2, 0.25) is 0 Å². The number of carbonyl (C=O) groups is 1. The topological polar surface area (TPSA) is 85.4 Å². The monoisotopic (exact) mass is 414 g/mol. The fraction of sp³-hybridized carbons (Fsp3) is 0.389. The van der Waals surface area contributed by atoms with Gasteiger partial charge in [0.05, 0.1) is 24.9 Å². The van der Waals surface area contributed by atoms with Crippen molar-refractivity contribution in [1.82, 2.24) is 20.6 Å². The predicted molar refractivity (Wildman–Crippen MR) is 92.8 cm³/mol. The molecule has 2 aromatic rings. The van der Waals surface area contributed by atoms with Gasteiger partial charge in [-0.3, -0.25) is 0 Å². The number of urea groups is 1. The number of ether oxygens (including phenoxy) is 2. The van der Waals surface area contributed by atoms with E-state index < -0.39 is 30.2 Å². The quantitative estimate of drug-likeness (QED) is 0.734. The van der Waals surface area contributed by atoms with Crippen LogP contribution in [0.25, 0.3) is 0 Å². The Morgan fingerprint density at radius 1 is 1.34 bits per heavy atom. The van der Waals surface area contributed by atoms with Crippen molar-refractivity contribution < 1.29 is 31.8 Å². The van der Waals surface area contributed by atoms with Crippen molar-refractivity contribution in [2.24, 2.45) is 0 Å². The maximum Gasteiger partial charge on any atom is 0.425 e. The number of hydrogen-bond donors (Lipinski definition) is 2. The number of amides is 2. The number of rotatable bonds is 5. The third-order valence-electron chi connectivity index (χ3n) is 4.20. The van der Waals surface area contributed by atoms with Crippen molar-refractivity contribution in [3.8, 4) is 11.6 Å². The number of benzene rings is 1. The zero-order valence-corrected chi connectivity index (χ0v) is 15.3. The zero-order valence-electron chi connectivity index (χ0n) is 15.3. The minimum absolute atomic E-state index is 0.0651. The first-order valence-corrected chi connectivity index (χ1v) is 8.73. The maximum absolute atomic E-state index is 13.5. The summed E-state index contributed by atoms with van der Waals surface area (Å²) in [6.45, 7) is 1.17. The average Bonchev–Trinajstić information content (AvgIpc) is 2.66. The molecule has 2 unspecified atom stereocenters. The molecule has 11 heteroatoms. The number of carbonyl (C=O) groups excluding carboxylic acids is 1. The highest BCUT2D eigenvalue weighted by Gasteiger charge is 2.38. The lowest BCUT2D eigenvalue weighted by molar-refractivity contribution is -0.190. The lowest BCUT2D eigenvalue weighted by Gasteiger charge is -2.26. The van der Waals surface area contributed by atoms with Crippen molar-refractivity contribution in [3.63, 3.8) is 0 Å². The van der Waals surface area contributed by atoms with E-state index in [0.29, 0.717) is 24.3 Å². The molecular formula is C18H18F4N4O3. The fourth-order valence-electron chi connectivity index (χ4n) is 2.68. The molecule has 1 aromatic heterocycles. The predicted octanol–water partition coefficient (Wildman–Crippen LogP) is 3.27. The van der Waals surface area contributed by atoms with Gasteiger partial charge in [0.1, 0.15) is 17.9 Å². The van der Waals surface area contributed by atoms with Gasteiger partial charge in [-0.15, -0.1) is 0 Å². The number of alkyl halides is 3. The van der Waals surface area contributed by atoms with Gasteiger partial charge < -0.3 is 20.1 Å². The Morgan fingerprint density at radius 2 is 2.14 bits per heavy atom. The molecule has 0 radical (unpaired) electrons. The van der Waals surface area contributed by atoms with Gasteiger partial charge >= 0.3 is 12.2 Å². The van der Waals surface area contributed by atoms with Crippen LogP contribution >= 0.6 is 0 Å². The summed E-state index contributed by atoms with van der Waals surface area (Å²) in [5.74, 6) is -0.196. The van der Waals surface area contributed by atoms with Crippen LogP contribution in [0.15, 0.2) is 30.6 Å². The van der Waals surface area contributed by atoms with Gasteiger partial charge in [-0.1, -0.05) is 0 Å². The van der Waals surface area contributed by atoms with Gasteiger partial charge in [0.25, 0.3) is 0 Å². The molecule has 0 saturated carbocycles. The highest BCUT2D eigenvalue weighted by atomic mass is 19.4. The molecular weight excluding hydrogens is 396 g/mol. The van der Waals surface area contributed by atoms with Crippen LogP contribution in [-0.4, -0.2) is 34.9 Å². The summed E-state index contributed by atoms with van der Waals surface area (Å²) in [5.41, 5.74) is 0.795. The van der Waals surface area contributed by atoms with Crippen molar-refractivity contribution in [2.45, 2.75) is 38.2 Å². The van der Waals surface area contributed by atoms with Gasteiger partial charge in [-0.2, -0.15) is 13.2 Å². The van der Waals surface area contributed by atoms with E-state index in [1.807, 2.05) is 0 Å². The van der Waals surface area contributed by atoms with Crippen LogP contribution in [0.1, 0.15) is 30.6 Å². The van der Waals surface area contributed by atoms with E-state index in [2.05, 4.69) is 20.6 Å². The summed E-state index contributed by atoms with van der Waals surface area (Å²) in [4.78, 5) is 19.7. The van der Waals surface area contributed by atoms with Crippen LogP contribution in [0.4, 0.5) is 22.4 Å². The third-order valence-corrected chi connectivity index (χ3v) is 4.20. The number of aromatic nitrogens is 2. The van der Waals surface area contributed by atoms with Crippen molar-refractivity contribution in [3.05, 3.63) is 47.7 Å². The third kappa shape index (κ3) is 5.46. The van der Waals surface area contributed by atoms with Gasteiger partial charge in [-0.25, -0.2) is 19.2 Å². The molecule has 2 amide bonds.